The molecular weight excluding hydrogens is 350 g/mol. The summed E-state index contributed by atoms with van der Waals surface area (Å²) < 4.78 is 1.76. The van der Waals surface area contributed by atoms with Gasteiger partial charge in [0.25, 0.3) is 5.91 Å². The molecule has 1 saturated heterocycles. The average Bonchev–Trinajstić information content (AvgIpc) is 3.04. The van der Waals surface area contributed by atoms with Crippen molar-refractivity contribution in [3.05, 3.63) is 36.2 Å². The van der Waals surface area contributed by atoms with E-state index in [0.717, 1.165) is 19.5 Å². The first-order valence-electron chi connectivity index (χ1n) is 8.69. The van der Waals surface area contributed by atoms with Crippen LogP contribution in [0.25, 0.3) is 0 Å². The number of thioether (sulfide) groups is 1. The van der Waals surface area contributed by atoms with Crippen LogP contribution < -0.4 is 5.32 Å². The Morgan fingerprint density at radius 3 is 2.96 bits per heavy atom. The molecule has 1 unspecified atom stereocenters. The first-order chi connectivity index (χ1) is 12.5. The molecule has 0 bridgehead atoms. The Morgan fingerprint density at radius 1 is 1.38 bits per heavy atom. The van der Waals surface area contributed by atoms with Crippen LogP contribution >= 0.6 is 11.8 Å². The lowest BCUT2D eigenvalue weighted by Gasteiger charge is -2.31. The largest absolute Gasteiger partial charge is 0.338 e. The van der Waals surface area contributed by atoms with Crippen LogP contribution in [0.1, 0.15) is 30.1 Å². The number of benzene rings is 1. The molecule has 0 radical (unpaired) electrons. The van der Waals surface area contributed by atoms with E-state index < -0.39 is 0 Å². The van der Waals surface area contributed by atoms with Gasteiger partial charge in [0, 0.05) is 31.4 Å². The van der Waals surface area contributed by atoms with Gasteiger partial charge >= 0.3 is 0 Å². The van der Waals surface area contributed by atoms with Crippen LogP contribution in [0.5, 0.6) is 0 Å². The number of carbonyl (C=O) groups excluding carboxylic acids is 2. The maximum absolute atomic E-state index is 12.7. The summed E-state index contributed by atoms with van der Waals surface area (Å²) in [5, 5.41) is 11.2. The van der Waals surface area contributed by atoms with Crippen LogP contribution in [0, 0.1) is 5.92 Å². The summed E-state index contributed by atoms with van der Waals surface area (Å²) in [4.78, 5) is 26.8. The molecule has 1 aliphatic rings. The molecular formula is C18H23N5O2S. The Bertz CT molecular complexity index is 791. The van der Waals surface area contributed by atoms with Crippen LogP contribution in [0.4, 0.5) is 5.69 Å². The summed E-state index contributed by atoms with van der Waals surface area (Å²) >= 11 is 1.32. The summed E-state index contributed by atoms with van der Waals surface area (Å²) in [5.74, 6) is 0.650. The van der Waals surface area contributed by atoms with Gasteiger partial charge in [-0.15, -0.1) is 10.2 Å². The standard InChI is InChI=1S/C18H23N5O2S/c1-13-5-4-8-23(10-13)17(25)14-6-3-7-15(9-14)20-16(24)11-26-18-21-19-12-22(18)2/h3,6-7,9,12-13H,4-5,8,10-11H2,1-2H3,(H,20,24). The van der Waals surface area contributed by atoms with Crippen molar-refractivity contribution in [1.29, 1.82) is 0 Å². The molecule has 2 heterocycles. The molecule has 1 aromatic heterocycles. The number of aromatic nitrogens is 3. The highest BCUT2D eigenvalue weighted by atomic mass is 32.2. The summed E-state index contributed by atoms with van der Waals surface area (Å²) in [5.41, 5.74) is 1.24. The van der Waals surface area contributed by atoms with Crippen molar-refractivity contribution in [3.8, 4) is 0 Å². The summed E-state index contributed by atoms with van der Waals surface area (Å²) in [6, 6.07) is 7.13. The monoisotopic (exact) mass is 373 g/mol. The molecule has 2 aromatic rings. The molecule has 0 saturated carbocycles. The number of carbonyl (C=O) groups is 2. The first kappa shape index (κ1) is 18.4. The van der Waals surface area contributed by atoms with Crippen molar-refractivity contribution in [1.82, 2.24) is 19.7 Å². The molecule has 2 amide bonds. The lowest BCUT2D eigenvalue weighted by atomic mass is 9.99. The lowest BCUT2D eigenvalue weighted by molar-refractivity contribution is -0.113. The number of aryl methyl sites for hydroxylation is 1. The molecule has 1 aromatic carbocycles. The van der Waals surface area contributed by atoms with Crippen LogP contribution in [0.3, 0.4) is 0 Å². The Balaban J connectivity index is 1.59. The van der Waals surface area contributed by atoms with Crippen LogP contribution in [0.15, 0.2) is 35.7 Å². The third-order valence-electron chi connectivity index (χ3n) is 4.34. The molecule has 1 N–H and O–H groups in total. The number of amides is 2. The van der Waals surface area contributed by atoms with Crippen LogP contribution in [0.2, 0.25) is 0 Å². The van der Waals surface area contributed by atoms with Gasteiger partial charge in [0.1, 0.15) is 6.33 Å². The van der Waals surface area contributed by atoms with E-state index in [4.69, 9.17) is 0 Å². The van der Waals surface area contributed by atoms with Crippen LogP contribution in [-0.2, 0) is 11.8 Å². The molecule has 0 aliphatic carbocycles. The minimum Gasteiger partial charge on any atom is -0.338 e. The van der Waals surface area contributed by atoms with E-state index in [0.29, 0.717) is 22.3 Å². The zero-order valence-electron chi connectivity index (χ0n) is 15.0. The van der Waals surface area contributed by atoms with Gasteiger partial charge < -0.3 is 14.8 Å². The number of piperidine rings is 1. The minimum atomic E-state index is -0.144. The molecule has 3 rings (SSSR count). The van der Waals surface area contributed by atoms with Crippen LogP contribution in [-0.4, -0.2) is 50.3 Å². The smallest absolute Gasteiger partial charge is 0.253 e. The number of hydrogen-bond acceptors (Lipinski definition) is 5. The van der Waals surface area contributed by atoms with Crippen molar-refractivity contribution >= 4 is 29.3 Å². The molecule has 138 valence electrons. The minimum absolute atomic E-state index is 0.0288. The second-order valence-corrected chi connectivity index (χ2v) is 7.58. The molecule has 0 spiro atoms. The maximum Gasteiger partial charge on any atom is 0.253 e. The van der Waals surface area contributed by atoms with Gasteiger partial charge in [-0.25, -0.2) is 0 Å². The second kappa shape index (κ2) is 8.35. The van der Waals surface area contributed by atoms with Crippen molar-refractivity contribution in [3.63, 3.8) is 0 Å². The van der Waals surface area contributed by atoms with Gasteiger partial charge in [-0.2, -0.15) is 0 Å². The fourth-order valence-electron chi connectivity index (χ4n) is 3.02. The highest BCUT2D eigenvalue weighted by Gasteiger charge is 2.22. The number of hydrogen-bond donors (Lipinski definition) is 1. The Labute approximate surface area is 157 Å². The van der Waals surface area contributed by atoms with Gasteiger partial charge in [0.05, 0.1) is 5.75 Å². The second-order valence-electron chi connectivity index (χ2n) is 6.64. The van der Waals surface area contributed by atoms with Gasteiger partial charge in [0.15, 0.2) is 5.16 Å². The van der Waals surface area contributed by atoms with Crippen molar-refractivity contribution in [2.45, 2.75) is 24.9 Å². The molecule has 7 nitrogen and oxygen atoms in total. The van der Waals surface area contributed by atoms with Gasteiger partial charge in [-0.1, -0.05) is 24.8 Å². The van der Waals surface area contributed by atoms with Gasteiger partial charge in [-0.3, -0.25) is 9.59 Å². The Kier molecular flexibility index (Phi) is 5.92. The third-order valence-corrected chi connectivity index (χ3v) is 5.37. The maximum atomic E-state index is 12.7. The lowest BCUT2D eigenvalue weighted by Crippen LogP contribution is -2.39. The van der Waals surface area contributed by atoms with E-state index >= 15 is 0 Å². The van der Waals surface area contributed by atoms with Crippen molar-refractivity contribution < 1.29 is 9.59 Å². The molecule has 8 heteroatoms. The molecule has 1 fully saturated rings. The predicted octanol–water partition coefficient (Wildman–Crippen LogP) is 2.42. The van der Waals surface area contributed by atoms with E-state index in [1.807, 2.05) is 11.9 Å². The molecule has 26 heavy (non-hydrogen) atoms. The van der Waals surface area contributed by atoms with E-state index in [-0.39, 0.29) is 17.6 Å². The SMILES string of the molecule is CC1CCCN(C(=O)c2cccc(NC(=O)CSc3nncn3C)c2)C1. The molecule has 1 atom stereocenters. The fourth-order valence-corrected chi connectivity index (χ4v) is 3.70. The summed E-state index contributed by atoms with van der Waals surface area (Å²) in [7, 11) is 1.83. The first-order valence-corrected chi connectivity index (χ1v) is 9.67. The zero-order valence-corrected chi connectivity index (χ0v) is 15.8. The fraction of sp³-hybridized carbons (Fsp3) is 0.444. The predicted molar refractivity (Wildman–Crippen MR) is 101 cm³/mol. The molecule has 1 aliphatic heterocycles. The van der Waals surface area contributed by atoms with Crippen molar-refractivity contribution in [2.24, 2.45) is 13.0 Å². The summed E-state index contributed by atoms with van der Waals surface area (Å²) in [6.07, 6.45) is 3.81. The Morgan fingerprint density at radius 2 is 2.23 bits per heavy atom. The van der Waals surface area contributed by atoms with Gasteiger partial charge in [0.2, 0.25) is 5.91 Å². The number of rotatable bonds is 5. The summed E-state index contributed by atoms with van der Waals surface area (Å²) in [6.45, 7) is 3.77. The number of nitrogens with zero attached hydrogens (tertiary/aromatic N) is 4. The Hall–Kier alpha value is -2.35. The highest BCUT2D eigenvalue weighted by Crippen LogP contribution is 2.20. The number of anilines is 1. The number of nitrogens with one attached hydrogen (secondary N) is 1. The van der Waals surface area contributed by atoms with Crippen molar-refractivity contribution in [2.75, 3.05) is 24.2 Å². The van der Waals surface area contributed by atoms with E-state index in [9.17, 15) is 9.59 Å². The van der Waals surface area contributed by atoms with E-state index in [1.165, 1.54) is 18.2 Å². The highest BCUT2D eigenvalue weighted by molar-refractivity contribution is 7.99. The zero-order chi connectivity index (χ0) is 18.5. The van der Waals surface area contributed by atoms with Gasteiger partial charge in [-0.05, 0) is 37.0 Å². The van der Waals surface area contributed by atoms with E-state index in [2.05, 4.69) is 22.4 Å². The third kappa shape index (κ3) is 4.63. The van der Waals surface area contributed by atoms with E-state index in [1.54, 1.807) is 35.2 Å². The average molecular weight is 373 g/mol. The quantitative estimate of drug-likeness (QED) is 0.814. The normalized spacial score (nSPS) is 17.2. The number of likely N-dealkylation sites (tertiary alicyclic amines) is 1. The topological polar surface area (TPSA) is 80.1 Å².